The van der Waals surface area contributed by atoms with Gasteiger partial charge in [0.1, 0.15) is 0 Å². The van der Waals surface area contributed by atoms with E-state index >= 15 is 0 Å². The van der Waals surface area contributed by atoms with Crippen molar-refractivity contribution in [3.8, 4) is 27.9 Å². The SMILES string of the molecule is c1ccc(-n2c3ccccc3c3cccc(N(c4ccccc4-c4cccc5cccc(C6CCCCC6)c45)c4ccccc4-c4cccc5sc6ccccc6c45)c32)cc1. The number of hydrogen-bond acceptors (Lipinski definition) is 2. The highest BCUT2D eigenvalue weighted by Gasteiger charge is 2.27. The van der Waals surface area contributed by atoms with Crippen LogP contribution in [0.3, 0.4) is 0 Å². The van der Waals surface area contributed by atoms with Crippen molar-refractivity contribution >= 4 is 81.1 Å². The molecule has 0 aliphatic heterocycles. The Hall–Kier alpha value is -6.94. The lowest BCUT2D eigenvalue weighted by Crippen LogP contribution is -2.14. The monoisotopic (exact) mass is 800 g/mol. The molecule has 1 fully saturated rings. The number of fused-ring (bicyclic) bond motifs is 7. The molecule has 0 radical (unpaired) electrons. The maximum atomic E-state index is 2.58. The van der Waals surface area contributed by atoms with E-state index in [1.165, 1.54) is 113 Å². The van der Waals surface area contributed by atoms with Crippen LogP contribution in [-0.2, 0) is 0 Å². The van der Waals surface area contributed by atoms with Crippen LogP contribution in [0.2, 0.25) is 0 Å². The van der Waals surface area contributed by atoms with Gasteiger partial charge in [-0.15, -0.1) is 11.3 Å². The molecule has 0 unspecified atom stereocenters. The van der Waals surface area contributed by atoms with Gasteiger partial charge in [0.05, 0.1) is 28.1 Å². The first-order chi connectivity index (χ1) is 30.3. The lowest BCUT2D eigenvalue weighted by molar-refractivity contribution is 0.445. The first kappa shape index (κ1) is 36.0. The van der Waals surface area contributed by atoms with E-state index in [-0.39, 0.29) is 0 Å². The standard InChI is InChI=1S/C58H44N2S/c1-3-19-39(20-4-1)42-29-15-21-40-22-16-30-46(56(40)42)43-25-7-12-34-51(43)60(52-35-13-8-26-44(52)47-31-18-38-55-57(47)49-28-10-14-37-54(49)61-55)53-36-17-32-48-45-27-9-11-33-50(45)59(58(48)53)41-23-5-2-6-24-41/h2,5-18,21-39H,1,3-4,19-20H2. The topological polar surface area (TPSA) is 8.17 Å². The Morgan fingerprint density at radius 2 is 0.967 bits per heavy atom. The van der Waals surface area contributed by atoms with Crippen LogP contribution >= 0.6 is 11.3 Å². The zero-order valence-electron chi connectivity index (χ0n) is 34.0. The van der Waals surface area contributed by atoms with Gasteiger partial charge in [-0.1, -0.05) is 171 Å². The fourth-order valence-corrected chi connectivity index (χ4v) is 11.7. The van der Waals surface area contributed by atoms with Gasteiger partial charge in [-0.2, -0.15) is 0 Å². The Morgan fingerprint density at radius 3 is 1.75 bits per heavy atom. The molecule has 61 heavy (non-hydrogen) atoms. The van der Waals surface area contributed by atoms with Crippen LogP contribution in [-0.4, -0.2) is 4.57 Å². The largest absolute Gasteiger partial charge is 0.307 e. The Morgan fingerprint density at radius 1 is 0.410 bits per heavy atom. The molecular weight excluding hydrogens is 757 g/mol. The van der Waals surface area contributed by atoms with Gasteiger partial charge in [-0.3, -0.25) is 0 Å². The molecule has 1 aliphatic carbocycles. The number of para-hydroxylation sites is 5. The van der Waals surface area contributed by atoms with Crippen LogP contribution in [0.25, 0.3) is 80.7 Å². The van der Waals surface area contributed by atoms with Crippen LogP contribution in [0.5, 0.6) is 0 Å². The molecule has 1 aliphatic rings. The lowest BCUT2D eigenvalue weighted by Gasteiger charge is -2.31. The lowest BCUT2D eigenvalue weighted by atomic mass is 9.80. The number of rotatable bonds is 7. The van der Waals surface area contributed by atoms with Crippen molar-refractivity contribution in [2.75, 3.05) is 4.90 Å². The second kappa shape index (κ2) is 15.0. The summed E-state index contributed by atoms with van der Waals surface area (Å²) in [6.45, 7) is 0. The van der Waals surface area contributed by atoms with E-state index in [0.717, 1.165) is 22.7 Å². The number of anilines is 3. The van der Waals surface area contributed by atoms with Gasteiger partial charge in [-0.05, 0) is 94.8 Å². The quantitative estimate of drug-likeness (QED) is 0.156. The van der Waals surface area contributed by atoms with Crippen molar-refractivity contribution < 1.29 is 0 Å². The smallest absolute Gasteiger partial charge is 0.0782 e. The second-order valence-electron chi connectivity index (χ2n) is 16.6. The van der Waals surface area contributed by atoms with Crippen molar-refractivity contribution in [2.24, 2.45) is 0 Å². The molecule has 9 aromatic carbocycles. The predicted molar refractivity (Wildman–Crippen MR) is 263 cm³/mol. The molecule has 1 saturated carbocycles. The summed E-state index contributed by atoms with van der Waals surface area (Å²) in [5.41, 5.74) is 13.4. The van der Waals surface area contributed by atoms with Gasteiger partial charge in [0.15, 0.2) is 0 Å². The van der Waals surface area contributed by atoms with E-state index in [9.17, 15) is 0 Å². The number of hydrogen-bond donors (Lipinski definition) is 0. The average Bonchev–Trinajstić information content (AvgIpc) is 3.89. The molecule has 11 aromatic rings. The fourth-order valence-electron chi connectivity index (χ4n) is 10.6. The van der Waals surface area contributed by atoms with Crippen LogP contribution in [0.4, 0.5) is 17.1 Å². The van der Waals surface area contributed by atoms with Crippen molar-refractivity contribution in [1.29, 1.82) is 0 Å². The van der Waals surface area contributed by atoms with E-state index in [4.69, 9.17) is 0 Å². The summed E-state index contributed by atoms with van der Waals surface area (Å²) in [5.74, 6) is 0.568. The summed E-state index contributed by atoms with van der Waals surface area (Å²) in [6.07, 6.45) is 6.45. The molecule has 0 spiro atoms. The molecule has 2 heterocycles. The zero-order chi connectivity index (χ0) is 40.3. The van der Waals surface area contributed by atoms with Gasteiger partial charge in [0.2, 0.25) is 0 Å². The van der Waals surface area contributed by atoms with Crippen LogP contribution in [0.15, 0.2) is 200 Å². The fraction of sp³-hybridized carbons (Fsp3) is 0.103. The third-order valence-electron chi connectivity index (χ3n) is 13.2. The summed E-state index contributed by atoms with van der Waals surface area (Å²) in [5, 5.41) is 7.79. The van der Waals surface area contributed by atoms with E-state index in [2.05, 4.69) is 210 Å². The second-order valence-corrected chi connectivity index (χ2v) is 17.7. The first-order valence-corrected chi connectivity index (χ1v) is 22.6. The molecule has 292 valence electrons. The highest BCUT2D eigenvalue weighted by atomic mass is 32.1. The summed E-state index contributed by atoms with van der Waals surface area (Å²) >= 11 is 1.88. The minimum absolute atomic E-state index is 0.568. The molecule has 12 rings (SSSR count). The average molecular weight is 801 g/mol. The normalized spacial score (nSPS) is 13.5. The number of aromatic nitrogens is 1. The minimum Gasteiger partial charge on any atom is -0.307 e. The predicted octanol–water partition coefficient (Wildman–Crippen LogP) is 17.2. The van der Waals surface area contributed by atoms with Gasteiger partial charge in [0.25, 0.3) is 0 Å². The molecule has 0 N–H and O–H groups in total. The summed E-state index contributed by atoms with van der Waals surface area (Å²) in [4.78, 5) is 2.58. The van der Waals surface area contributed by atoms with Gasteiger partial charge >= 0.3 is 0 Å². The van der Waals surface area contributed by atoms with Crippen LogP contribution < -0.4 is 4.90 Å². The van der Waals surface area contributed by atoms with Crippen molar-refractivity contribution in [1.82, 2.24) is 4.57 Å². The Balaban J connectivity index is 1.20. The molecule has 2 nitrogen and oxygen atoms in total. The molecule has 0 saturated heterocycles. The Bertz CT molecular complexity index is 3420. The Kier molecular flexibility index (Phi) is 8.82. The summed E-state index contributed by atoms with van der Waals surface area (Å²) in [6, 6.07) is 74.6. The van der Waals surface area contributed by atoms with Gasteiger partial charge in [0, 0.05) is 47.8 Å². The molecule has 2 aromatic heterocycles. The van der Waals surface area contributed by atoms with E-state index < -0.39 is 0 Å². The molecular formula is C58H44N2S. The number of thiophene rings is 1. The molecule has 0 atom stereocenters. The van der Waals surface area contributed by atoms with E-state index in [0.29, 0.717) is 5.92 Å². The highest BCUT2D eigenvalue weighted by molar-refractivity contribution is 7.25. The van der Waals surface area contributed by atoms with Crippen LogP contribution in [0.1, 0.15) is 43.6 Å². The molecule has 3 heteroatoms. The van der Waals surface area contributed by atoms with Crippen molar-refractivity contribution in [2.45, 2.75) is 38.0 Å². The third kappa shape index (κ3) is 5.90. The van der Waals surface area contributed by atoms with Gasteiger partial charge < -0.3 is 9.47 Å². The first-order valence-electron chi connectivity index (χ1n) is 21.8. The van der Waals surface area contributed by atoms with Crippen LogP contribution in [0, 0.1) is 0 Å². The number of nitrogens with zero attached hydrogens (tertiary/aromatic N) is 2. The Labute approximate surface area is 360 Å². The van der Waals surface area contributed by atoms with E-state index in [1.54, 1.807) is 0 Å². The molecule has 0 amide bonds. The third-order valence-corrected chi connectivity index (χ3v) is 14.3. The maximum Gasteiger partial charge on any atom is 0.0782 e. The minimum atomic E-state index is 0.568. The maximum absolute atomic E-state index is 2.58. The van der Waals surface area contributed by atoms with E-state index in [1.807, 2.05) is 11.3 Å². The zero-order valence-corrected chi connectivity index (χ0v) is 34.8. The highest BCUT2D eigenvalue weighted by Crippen LogP contribution is 2.51. The summed E-state index contributed by atoms with van der Waals surface area (Å²) < 4.78 is 5.09. The summed E-state index contributed by atoms with van der Waals surface area (Å²) in [7, 11) is 0. The number of benzene rings is 9. The van der Waals surface area contributed by atoms with Gasteiger partial charge in [-0.25, -0.2) is 0 Å². The molecule has 0 bridgehead atoms. The van der Waals surface area contributed by atoms with Crippen molar-refractivity contribution in [3.63, 3.8) is 0 Å². The van der Waals surface area contributed by atoms with Crippen molar-refractivity contribution in [3.05, 3.63) is 206 Å².